The van der Waals surface area contributed by atoms with Crippen molar-refractivity contribution in [1.82, 2.24) is 0 Å². The van der Waals surface area contributed by atoms with Gasteiger partial charge < -0.3 is 33.9 Å². The van der Waals surface area contributed by atoms with Crippen molar-refractivity contribution in [3.63, 3.8) is 0 Å². The van der Waals surface area contributed by atoms with Crippen molar-refractivity contribution >= 4 is 0 Å². The minimum atomic E-state index is -0.856. The molecule has 3 aromatic carbocycles. The molecule has 0 spiro atoms. The minimum Gasteiger partial charge on any atom is -0.494 e. The Morgan fingerprint density at radius 1 is 0.472 bits per heavy atom. The maximum atomic E-state index is 9.36. The highest BCUT2D eigenvalue weighted by Crippen LogP contribution is 2.30. The van der Waals surface area contributed by atoms with Crippen LogP contribution in [-0.4, -0.2) is 69.2 Å². The number of ether oxygens (including phenoxy) is 5. The number of benzene rings is 3. The zero-order valence-electron chi connectivity index (χ0n) is 33.0. The summed E-state index contributed by atoms with van der Waals surface area (Å²) in [5.41, 5.74) is 5.64. The number of aliphatic hydroxyl groups is 2. The molecule has 2 N–H and O–H groups in total. The number of hydrogen-bond donors (Lipinski definition) is 2. The van der Waals surface area contributed by atoms with Gasteiger partial charge in [-0.15, -0.1) is 0 Å². The summed E-state index contributed by atoms with van der Waals surface area (Å²) in [6.45, 7) is 7.85. The van der Waals surface area contributed by atoms with Crippen LogP contribution in [0.5, 0.6) is 11.5 Å². The number of hydrogen-bond acceptors (Lipinski definition) is 7. The first kappa shape index (κ1) is 44.5. The van der Waals surface area contributed by atoms with Crippen LogP contribution in [0.4, 0.5) is 0 Å². The summed E-state index contributed by atoms with van der Waals surface area (Å²) < 4.78 is 29.2. The van der Waals surface area contributed by atoms with Gasteiger partial charge in [0.05, 0.1) is 59.5 Å². The molecule has 7 heteroatoms. The molecule has 0 saturated heterocycles. The third-order valence-corrected chi connectivity index (χ3v) is 9.51. The molecule has 0 amide bonds. The average molecular weight is 735 g/mol. The second-order valence-electron chi connectivity index (χ2n) is 14.1. The Labute approximate surface area is 321 Å². The van der Waals surface area contributed by atoms with Gasteiger partial charge in [-0.25, -0.2) is 0 Å². The van der Waals surface area contributed by atoms with Crippen molar-refractivity contribution in [2.45, 2.75) is 129 Å². The van der Waals surface area contributed by atoms with Gasteiger partial charge in [0.2, 0.25) is 0 Å². The average Bonchev–Trinajstić information content (AvgIpc) is 3.19. The van der Waals surface area contributed by atoms with Crippen LogP contribution in [0.2, 0.25) is 0 Å². The van der Waals surface area contributed by atoms with E-state index in [0.717, 1.165) is 47.6 Å². The van der Waals surface area contributed by atoms with Crippen LogP contribution in [0.3, 0.4) is 0 Å². The van der Waals surface area contributed by atoms with Crippen molar-refractivity contribution in [2.24, 2.45) is 0 Å². The van der Waals surface area contributed by atoms with Crippen molar-refractivity contribution in [2.75, 3.05) is 52.9 Å². The second kappa shape index (κ2) is 29.4. The van der Waals surface area contributed by atoms with E-state index in [1.807, 2.05) is 0 Å². The monoisotopic (exact) mass is 735 g/mol. The van der Waals surface area contributed by atoms with Crippen molar-refractivity contribution in [3.05, 3.63) is 72.3 Å². The Balaban J connectivity index is 1.49. The van der Waals surface area contributed by atoms with Crippen molar-refractivity contribution in [3.8, 4) is 33.8 Å². The van der Waals surface area contributed by atoms with E-state index in [9.17, 15) is 5.11 Å². The zero-order chi connectivity index (χ0) is 37.6. The molecule has 7 nitrogen and oxygen atoms in total. The molecule has 3 rings (SSSR count). The predicted octanol–water partition coefficient (Wildman–Crippen LogP) is 11.0. The second-order valence-corrected chi connectivity index (χ2v) is 14.1. The molecule has 0 fully saturated rings. The molecular formula is C46H70O7. The fraction of sp³-hybridized carbons (Fsp3) is 0.609. The van der Waals surface area contributed by atoms with Crippen LogP contribution in [0.25, 0.3) is 22.3 Å². The molecule has 296 valence electrons. The summed E-state index contributed by atoms with van der Waals surface area (Å²) in [6.07, 6.45) is 19.7. The van der Waals surface area contributed by atoms with Gasteiger partial charge in [-0.1, -0.05) is 146 Å². The Morgan fingerprint density at radius 2 is 0.925 bits per heavy atom. The predicted molar refractivity (Wildman–Crippen MR) is 218 cm³/mol. The van der Waals surface area contributed by atoms with E-state index < -0.39 is 6.10 Å². The first-order chi connectivity index (χ1) is 26.1. The topological polar surface area (TPSA) is 86.6 Å². The Bertz CT molecular complexity index is 1290. The zero-order valence-corrected chi connectivity index (χ0v) is 33.0. The number of aliphatic hydroxyl groups excluding tert-OH is 2. The molecule has 0 saturated carbocycles. The van der Waals surface area contributed by atoms with Crippen LogP contribution in [0.15, 0.2) is 66.7 Å². The summed E-state index contributed by atoms with van der Waals surface area (Å²) >= 11 is 0. The molecule has 0 aromatic heterocycles. The lowest BCUT2D eigenvalue weighted by molar-refractivity contribution is -0.0240. The molecule has 1 atom stereocenters. The summed E-state index contributed by atoms with van der Waals surface area (Å²) in [5, 5.41) is 18.2. The van der Waals surface area contributed by atoms with Gasteiger partial charge in [0, 0.05) is 5.56 Å². The van der Waals surface area contributed by atoms with E-state index in [0.29, 0.717) is 39.6 Å². The molecule has 53 heavy (non-hydrogen) atoms. The molecule has 1 unspecified atom stereocenters. The molecule has 0 bridgehead atoms. The van der Waals surface area contributed by atoms with E-state index >= 15 is 0 Å². The summed E-state index contributed by atoms with van der Waals surface area (Å²) in [5.74, 6) is 1.80. The first-order valence-electron chi connectivity index (χ1n) is 20.8. The highest BCUT2D eigenvalue weighted by molar-refractivity contribution is 5.71. The highest BCUT2D eigenvalue weighted by atomic mass is 16.5. The molecule has 0 aliphatic carbocycles. The molecular weight excluding hydrogens is 664 g/mol. The van der Waals surface area contributed by atoms with Crippen LogP contribution < -0.4 is 9.47 Å². The maximum absolute atomic E-state index is 9.36. The molecule has 3 aromatic rings. The van der Waals surface area contributed by atoms with Crippen LogP contribution in [0.1, 0.15) is 122 Å². The Hall–Kier alpha value is -2.94. The van der Waals surface area contributed by atoms with Gasteiger partial charge in [-0.2, -0.15) is 0 Å². The van der Waals surface area contributed by atoms with Gasteiger partial charge in [-0.3, -0.25) is 0 Å². The van der Waals surface area contributed by atoms with Gasteiger partial charge in [0.1, 0.15) is 17.6 Å². The van der Waals surface area contributed by atoms with E-state index in [1.165, 1.54) is 101 Å². The highest BCUT2D eigenvalue weighted by Gasteiger charge is 2.09. The molecule has 0 heterocycles. The first-order valence-corrected chi connectivity index (χ1v) is 20.8. The van der Waals surface area contributed by atoms with E-state index in [-0.39, 0.29) is 13.2 Å². The smallest absolute Gasteiger partial charge is 0.124 e. The number of rotatable bonds is 33. The van der Waals surface area contributed by atoms with E-state index in [4.69, 9.17) is 28.8 Å². The van der Waals surface area contributed by atoms with Crippen molar-refractivity contribution in [1.29, 1.82) is 0 Å². The van der Waals surface area contributed by atoms with Gasteiger partial charge in [-0.05, 0) is 59.4 Å². The normalized spacial score (nSPS) is 11.9. The van der Waals surface area contributed by atoms with Gasteiger partial charge >= 0.3 is 0 Å². The minimum absolute atomic E-state index is 0.0964. The lowest BCUT2D eigenvalue weighted by Gasteiger charge is -2.15. The fourth-order valence-corrected chi connectivity index (χ4v) is 6.25. The van der Waals surface area contributed by atoms with Crippen LogP contribution in [-0.2, 0) is 20.8 Å². The summed E-state index contributed by atoms with van der Waals surface area (Å²) in [7, 11) is 0. The summed E-state index contributed by atoms with van der Waals surface area (Å²) in [4.78, 5) is 0. The largest absolute Gasteiger partial charge is 0.494 e. The van der Waals surface area contributed by atoms with Gasteiger partial charge in [0.25, 0.3) is 0 Å². The van der Waals surface area contributed by atoms with Crippen molar-refractivity contribution < 1.29 is 33.9 Å². The third-order valence-electron chi connectivity index (χ3n) is 9.51. The third kappa shape index (κ3) is 19.8. The van der Waals surface area contributed by atoms with Crippen LogP contribution in [0, 0.1) is 0 Å². The maximum Gasteiger partial charge on any atom is 0.124 e. The van der Waals surface area contributed by atoms with E-state index in [1.54, 1.807) is 0 Å². The SMILES string of the molecule is CCCCCCCCCCOc1ccc(-c2ccc(-c3ccc(OCCCCCCCCCC)c(COCCOCCOCC(O)CO)c3)cc2)cc1. The summed E-state index contributed by atoms with van der Waals surface area (Å²) in [6, 6.07) is 23.6. The standard InChI is InChI=1S/C46H70O7/c1-3-5-7-9-11-13-15-17-29-52-45-26-23-40(24-27-45)39-19-21-41(22-20-39)42-25-28-46(53-30-18-16-14-12-10-8-6-4-2)43(35-42)37-50-33-31-49-32-34-51-38-44(48)36-47/h19-28,35,44,47-48H,3-18,29-34,36-38H2,1-2H3. The fourth-order valence-electron chi connectivity index (χ4n) is 6.25. The molecule has 0 radical (unpaired) electrons. The Morgan fingerprint density at radius 3 is 1.49 bits per heavy atom. The lowest BCUT2D eigenvalue weighted by atomic mass is 9.99. The Kier molecular flexibility index (Phi) is 24.7. The molecule has 0 aliphatic heterocycles. The van der Waals surface area contributed by atoms with Gasteiger partial charge in [0.15, 0.2) is 0 Å². The molecule has 0 aliphatic rings. The quantitative estimate of drug-likeness (QED) is 0.0602. The van der Waals surface area contributed by atoms with E-state index in [2.05, 4.69) is 80.6 Å². The lowest BCUT2D eigenvalue weighted by Crippen LogP contribution is -2.21. The van der Waals surface area contributed by atoms with Crippen LogP contribution >= 0.6 is 0 Å². The number of unbranched alkanes of at least 4 members (excludes halogenated alkanes) is 14.